The van der Waals surface area contributed by atoms with Gasteiger partial charge in [-0.15, -0.1) is 0 Å². The van der Waals surface area contributed by atoms with Crippen molar-refractivity contribution in [2.75, 3.05) is 17.6 Å². The van der Waals surface area contributed by atoms with Gasteiger partial charge in [-0.1, -0.05) is 16.9 Å². The Morgan fingerprint density at radius 1 is 1.40 bits per heavy atom. The van der Waals surface area contributed by atoms with Crippen molar-refractivity contribution in [3.63, 3.8) is 0 Å². The lowest BCUT2D eigenvalue weighted by Gasteiger charge is -2.09. The summed E-state index contributed by atoms with van der Waals surface area (Å²) < 4.78 is 31.7. The van der Waals surface area contributed by atoms with E-state index in [1.54, 1.807) is 0 Å². The maximum absolute atomic E-state index is 13.8. The van der Waals surface area contributed by atoms with Gasteiger partial charge >= 0.3 is 0 Å². The minimum absolute atomic E-state index is 0.0249. The normalized spacial score (nSPS) is 11.4. The molecule has 1 aromatic heterocycles. The number of amides is 1. The van der Waals surface area contributed by atoms with Crippen LogP contribution in [-0.2, 0) is 4.79 Å². The van der Waals surface area contributed by atoms with E-state index < -0.39 is 11.6 Å². The zero-order valence-corrected chi connectivity index (χ0v) is 15.1. The molecule has 0 saturated carbocycles. The third kappa shape index (κ3) is 5.13. The van der Waals surface area contributed by atoms with E-state index in [1.807, 2.05) is 0 Å². The van der Waals surface area contributed by atoms with Crippen molar-refractivity contribution in [2.24, 2.45) is 5.16 Å². The van der Waals surface area contributed by atoms with Crippen molar-refractivity contribution in [3.8, 4) is 0 Å². The fraction of sp³-hybridized carbons (Fsp3) is 0.231. The first-order valence-electron chi connectivity index (χ1n) is 6.76. The van der Waals surface area contributed by atoms with Crippen LogP contribution in [0.15, 0.2) is 31.4 Å². The Morgan fingerprint density at radius 3 is 2.84 bits per heavy atom. The average molecular weight is 436 g/mol. The number of thioether (sulfide) groups is 1. The molecule has 0 radical (unpaired) electrons. The molecule has 3 N–H and O–H groups in total. The molecule has 25 heavy (non-hydrogen) atoms. The third-order valence-electron chi connectivity index (χ3n) is 2.76. The van der Waals surface area contributed by atoms with Gasteiger partial charge in [0.15, 0.2) is 10.7 Å². The first-order chi connectivity index (χ1) is 11.9. The van der Waals surface area contributed by atoms with Gasteiger partial charge in [-0.25, -0.2) is 13.4 Å². The van der Waals surface area contributed by atoms with Crippen LogP contribution in [-0.4, -0.2) is 39.6 Å². The topological polar surface area (TPSA) is 113 Å². The van der Waals surface area contributed by atoms with Gasteiger partial charge in [0.1, 0.15) is 11.6 Å². The predicted molar refractivity (Wildman–Crippen MR) is 89.7 cm³/mol. The Hall–Kier alpha value is -2.21. The molecule has 1 aromatic carbocycles. The zero-order valence-electron chi connectivity index (χ0n) is 12.7. The number of benzene rings is 1. The number of nitrogens with zero attached hydrogens (tertiary/aromatic N) is 3. The first kappa shape index (κ1) is 19.1. The summed E-state index contributed by atoms with van der Waals surface area (Å²) in [4.78, 5) is 10.8. The average Bonchev–Trinajstić information content (AvgIpc) is 3.02. The van der Waals surface area contributed by atoms with E-state index in [1.165, 1.54) is 18.7 Å². The Morgan fingerprint density at radius 2 is 2.16 bits per heavy atom. The number of amidine groups is 1. The molecule has 1 amide bonds. The van der Waals surface area contributed by atoms with E-state index in [0.29, 0.717) is 18.4 Å². The summed E-state index contributed by atoms with van der Waals surface area (Å²) in [5.74, 6) is -1.62. The molecule has 0 saturated heterocycles. The number of rotatable bonds is 6. The number of carbonyl (C=O) groups excluding carboxylic acids is 1. The predicted octanol–water partition coefficient (Wildman–Crippen LogP) is 2.59. The van der Waals surface area contributed by atoms with Crippen LogP contribution in [0.5, 0.6) is 0 Å². The summed E-state index contributed by atoms with van der Waals surface area (Å²) in [5.41, 5.74) is -0.103. The fourth-order valence-corrected chi connectivity index (χ4v) is 2.77. The van der Waals surface area contributed by atoms with Crippen molar-refractivity contribution in [2.45, 2.75) is 11.9 Å². The zero-order chi connectivity index (χ0) is 18.4. The molecular formula is C13H12BrF2N5O3S. The van der Waals surface area contributed by atoms with Gasteiger partial charge in [0.05, 0.1) is 10.2 Å². The Labute approximate surface area is 153 Å². The molecule has 0 aliphatic carbocycles. The van der Waals surface area contributed by atoms with Crippen LogP contribution in [0.1, 0.15) is 12.6 Å². The molecule has 2 rings (SSSR count). The fourth-order valence-electron chi connectivity index (χ4n) is 1.67. The van der Waals surface area contributed by atoms with Crippen LogP contribution in [0.25, 0.3) is 0 Å². The van der Waals surface area contributed by atoms with Gasteiger partial charge in [0.2, 0.25) is 11.7 Å². The first-order valence-corrected chi connectivity index (χ1v) is 8.54. The lowest BCUT2D eigenvalue weighted by atomic mass is 10.3. The van der Waals surface area contributed by atoms with E-state index in [2.05, 4.69) is 46.7 Å². The summed E-state index contributed by atoms with van der Waals surface area (Å²) in [6.45, 7) is 1.77. The molecule has 0 aliphatic heterocycles. The Kier molecular flexibility index (Phi) is 6.70. The van der Waals surface area contributed by atoms with E-state index in [-0.39, 0.29) is 32.6 Å². The molecular weight excluding hydrogens is 424 g/mol. The summed E-state index contributed by atoms with van der Waals surface area (Å²) in [6, 6.07) is 1.82. The van der Waals surface area contributed by atoms with Gasteiger partial charge in [-0.2, -0.15) is 0 Å². The Bertz CT molecular complexity index is 802. The maximum atomic E-state index is 13.8. The number of anilines is 1. The monoisotopic (exact) mass is 435 g/mol. The standard InChI is InChI=1S/C13H12BrF2N5O3S/c1-6(22)17-2-3-25-13-11(20-24-21-13)12(19-23)18-10-4-7(14)8(15)5-9(10)16/h4-5,23H,2-3H2,1H3,(H,17,22)(H,18,19). The van der Waals surface area contributed by atoms with Crippen LogP contribution in [0.3, 0.4) is 0 Å². The lowest BCUT2D eigenvalue weighted by Crippen LogP contribution is -2.22. The molecule has 0 bridgehead atoms. The summed E-state index contributed by atoms with van der Waals surface area (Å²) in [7, 11) is 0. The van der Waals surface area contributed by atoms with Crippen molar-refractivity contribution >= 4 is 45.1 Å². The second-order valence-electron chi connectivity index (χ2n) is 4.57. The molecule has 2 aromatic rings. The molecule has 8 nitrogen and oxygen atoms in total. The number of carbonyl (C=O) groups is 1. The molecule has 0 spiro atoms. The highest BCUT2D eigenvalue weighted by Crippen LogP contribution is 2.25. The minimum atomic E-state index is -0.891. The molecule has 0 fully saturated rings. The second kappa shape index (κ2) is 8.76. The van der Waals surface area contributed by atoms with Crippen LogP contribution in [0.4, 0.5) is 14.5 Å². The molecule has 12 heteroatoms. The van der Waals surface area contributed by atoms with E-state index in [9.17, 15) is 18.8 Å². The van der Waals surface area contributed by atoms with Crippen LogP contribution in [0, 0.1) is 11.6 Å². The van der Waals surface area contributed by atoms with Crippen molar-refractivity contribution in [1.82, 2.24) is 15.6 Å². The number of aromatic nitrogens is 2. The number of hydrogen-bond donors (Lipinski definition) is 3. The molecule has 0 atom stereocenters. The van der Waals surface area contributed by atoms with Gasteiger partial charge in [-0.05, 0) is 32.3 Å². The largest absolute Gasteiger partial charge is 0.409 e. The van der Waals surface area contributed by atoms with E-state index in [0.717, 1.165) is 6.07 Å². The van der Waals surface area contributed by atoms with Crippen LogP contribution < -0.4 is 10.6 Å². The lowest BCUT2D eigenvalue weighted by molar-refractivity contribution is -0.118. The third-order valence-corrected chi connectivity index (χ3v) is 4.32. The SMILES string of the molecule is CC(=O)NCCSc1nonc1C(=NO)Nc1cc(Br)c(F)cc1F. The van der Waals surface area contributed by atoms with E-state index >= 15 is 0 Å². The number of hydrogen-bond acceptors (Lipinski definition) is 7. The minimum Gasteiger partial charge on any atom is -0.409 e. The molecule has 0 unspecified atom stereocenters. The number of oxime groups is 1. The van der Waals surface area contributed by atoms with Gasteiger partial charge in [0.25, 0.3) is 0 Å². The summed E-state index contributed by atoms with van der Waals surface area (Å²) >= 11 is 4.12. The van der Waals surface area contributed by atoms with Crippen molar-refractivity contribution in [3.05, 3.63) is 33.9 Å². The number of halogens is 3. The van der Waals surface area contributed by atoms with Gasteiger partial charge in [-0.3, -0.25) is 4.79 Å². The number of nitrogens with one attached hydrogen (secondary N) is 2. The molecule has 0 aliphatic rings. The van der Waals surface area contributed by atoms with Crippen molar-refractivity contribution in [1.29, 1.82) is 0 Å². The highest BCUT2D eigenvalue weighted by Gasteiger charge is 2.20. The van der Waals surface area contributed by atoms with Crippen LogP contribution >= 0.6 is 27.7 Å². The van der Waals surface area contributed by atoms with Crippen molar-refractivity contribution < 1.29 is 23.4 Å². The smallest absolute Gasteiger partial charge is 0.216 e. The van der Waals surface area contributed by atoms with Gasteiger partial charge < -0.3 is 15.8 Å². The highest BCUT2D eigenvalue weighted by molar-refractivity contribution is 9.10. The summed E-state index contributed by atoms with van der Waals surface area (Å²) in [6.07, 6.45) is 0. The van der Waals surface area contributed by atoms with Crippen LogP contribution in [0.2, 0.25) is 0 Å². The molecule has 1 heterocycles. The quantitative estimate of drug-likeness (QED) is 0.121. The maximum Gasteiger partial charge on any atom is 0.216 e. The second-order valence-corrected chi connectivity index (χ2v) is 6.51. The summed E-state index contributed by atoms with van der Waals surface area (Å²) in [5, 5.41) is 24.9. The molecule has 134 valence electrons. The highest BCUT2D eigenvalue weighted by atomic mass is 79.9. The van der Waals surface area contributed by atoms with E-state index in [4.69, 9.17) is 0 Å². The Balaban J connectivity index is 2.13. The van der Waals surface area contributed by atoms with Gasteiger partial charge in [0, 0.05) is 25.3 Å².